The fourth-order valence-corrected chi connectivity index (χ4v) is 1.59. The van der Waals surface area contributed by atoms with Crippen LogP contribution in [0.3, 0.4) is 0 Å². The highest BCUT2D eigenvalue weighted by atomic mass is 19.1. The van der Waals surface area contributed by atoms with Gasteiger partial charge in [-0.2, -0.15) is 0 Å². The van der Waals surface area contributed by atoms with Crippen molar-refractivity contribution in [3.05, 3.63) is 0 Å². The third-order valence-corrected chi connectivity index (χ3v) is 2.55. The van der Waals surface area contributed by atoms with Crippen LogP contribution in [0.2, 0.25) is 0 Å². The van der Waals surface area contributed by atoms with Crippen molar-refractivity contribution in [2.45, 2.75) is 31.4 Å². The Kier molecular flexibility index (Phi) is 0.477. The van der Waals surface area contributed by atoms with Gasteiger partial charge in [0.05, 0.1) is 0 Å². The zero-order valence-corrected chi connectivity index (χ0v) is 4.28. The van der Waals surface area contributed by atoms with E-state index in [2.05, 4.69) is 0 Å². The van der Waals surface area contributed by atoms with E-state index in [0.29, 0.717) is 5.92 Å². The third kappa shape index (κ3) is 0.285. The predicted octanol–water partition coefficient (Wildman–Crippen LogP) is 1.90. The average Bonchev–Trinajstić information content (AvgIpc) is 1.67. The molecule has 0 bridgehead atoms. The van der Waals surface area contributed by atoms with Crippen molar-refractivity contribution in [3.8, 4) is 0 Å². The van der Waals surface area contributed by atoms with E-state index in [0.717, 1.165) is 25.7 Å². The predicted molar refractivity (Wildman–Crippen MR) is 25.8 cm³/mol. The van der Waals surface area contributed by atoms with E-state index in [1.165, 1.54) is 0 Å². The summed E-state index contributed by atoms with van der Waals surface area (Å²) in [5.74, 6) is 0.493. The van der Waals surface area contributed by atoms with Crippen LogP contribution < -0.4 is 0 Å². The summed E-state index contributed by atoms with van der Waals surface area (Å²) in [7, 11) is 0. The van der Waals surface area contributed by atoms with E-state index in [9.17, 15) is 4.39 Å². The van der Waals surface area contributed by atoms with Gasteiger partial charge < -0.3 is 0 Å². The number of rotatable bonds is 0. The quantitative estimate of drug-likeness (QED) is 0.436. The molecule has 2 rings (SSSR count). The molecule has 0 aliphatic heterocycles. The zero-order valence-electron chi connectivity index (χ0n) is 4.28. The van der Waals surface area contributed by atoms with Gasteiger partial charge in [0, 0.05) is 0 Å². The largest absolute Gasteiger partial charge is 0.244 e. The Labute approximate surface area is 42.7 Å². The topological polar surface area (TPSA) is 0 Å². The Bertz CT molecular complexity index is 90.4. The van der Waals surface area contributed by atoms with E-state index >= 15 is 0 Å². The lowest BCUT2D eigenvalue weighted by molar-refractivity contribution is -0.101. The number of fused-ring (bicyclic) bond motifs is 1. The second-order valence-electron chi connectivity index (χ2n) is 2.81. The molecule has 0 radical (unpaired) electrons. The molecule has 0 atom stereocenters. The molecule has 7 heavy (non-hydrogen) atoms. The molecule has 1 heteroatoms. The fraction of sp³-hybridized carbons (Fsp3) is 1.00. The molecule has 0 heterocycles. The first kappa shape index (κ1) is 3.88. The molecule has 0 amide bonds. The molecule has 2 saturated carbocycles. The minimum atomic E-state index is -0.639. The molecule has 0 aromatic carbocycles. The Balaban J connectivity index is 2.12. The van der Waals surface area contributed by atoms with Crippen molar-refractivity contribution < 1.29 is 4.39 Å². The first-order valence-corrected chi connectivity index (χ1v) is 3.00. The maximum atomic E-state index is 12.7. The monoisotopic (exact) mass is 100 g/mol. The van der Waals surface area contributed by atoms with Crippen molar-refractivity contribution in [1.82, 2.24) is 0 Å². The summed E-state index contributed by atoms with van der Waals surface area (Å²) in [5, 5.41) is 0. The van der Waals surface area contributed by atoms with E-state index in [1.54, 1.807) is 0 Å². The van der Waals surface area contributed by atoms with Gasteiger partial charge in [-0.05, 0) is 31.6 Å². The summed E-state index contributed by atoms with van der Waals surface area (Å²) in [6.07, 6.45) is 4.04. The van der Waals surface area contributed by atoms with Crippen molar-refractivity contribution in [2.75, 3.05) is 0 Å². The number of halogens is 1. The molecule has 0 nitrogen and oxygen atoms in total. The van der Waals surface area contributed by atoms with Crippen molar-refractivity contribution >= 4 is 0 Å². The van der Waals surface area contributed by atoms with Crippen LogP contribution in [0, 0.1) is 5.92 Å². The van der Waals surface area contributed by atoms with Crippen LogP contribution in [-0.2, 0) is 0 Å². The smallest absolute Gasteiger partial charge is 0.113 e. The molecular formula is C6H9F. The highest BCUT2D eigenvalue weighted by Gasteiger charge is 2.54. The van der Waals surface area contributed by atoms with Gasteiger partial charge in [0.1, 0.15) is 5.67 Å². The van der Waals surface area contributed by atoms with Gasteiger partial charge in [-0.25, -0.2) is 4.39 Å². The molecule has 0 unspecified atom stereocenters. The lowest BCUT2D eigenvalue weighted by Crippen LogP contribution is -2.51. The van der Waals surface area contributed by atoms with Gasteiger partial charge in [-0.15, -0.1) is 0 Å². The summed E-state index contributed by atoms with van der Waals surface area (Å²) in [6, 6.07) is 0. The summed E-state index contributed by atoms with van der Waals surface area (Å²) >= 11 is 0. The maximum Gasteiger partial charge on any atom is 0.113 e. The number of hydrogen-bond donors (Lipinski definition) is 0. The Morgan fingerprint density at radius 1 is 1.29 bits per heavy atom. The first-order chi connectivity index (χ1) is 3.31. The molecule has 0 saturated heterocycles. The normalized spacial score (nSPS) is 57.0. The van der Waals surface area contributed by atoms with E-state index in [4.69, 9.17) is 0 Å². The minimum absolute atomic E-state index is 0.493. The van der Waals surface area contributed by atoms with Crippen LogP contribution >= 0.6 is 0 Å². The zero-order chi connectivity index (χ0) is 4.91. The van der Waals surface area contributed by atoms with Crippen LogP contribution in [0.25, 0.3) is 0 Å². The Hall–Kier alpha value is -0.0700. The van der Waals surface area contributed by atoms with E-state index in [1.807, 2.05) is 0 Å². The van der Waals surface area contributed by atoms with Crippen molar-refractivity contribution in [1.29, 1.82) is 0 Å². The number of hydrogen-bond acceptors (Lipinski definition) is 0. The fourth-order valence-electron chi connectivity index (χ4n) is 1.59. The van der Waals surface area contributed by atoms with Crippen LogP contribution in [0.1, 0.15) is 25.7 Å². The second-order valence-corrected chi connectivity index (χ2v) is 2.81. The SMILES string of the molecule is FC12CCC1CC2. The van der Waals surface area contributed by atoms with Gasteiger partial charge in [0.25, 0.3) is 0 Å². The van der Waals surface area contributed by atoms with Crippen LogP contribution in [0.15, 0.2) is 0 Å². The van der Waals surface area contributed by atoms with E-state index in [-0.39, 0.29) is 0 Å². The van der Waals surface area contributed by atoms with Crippen LogP contribution in [0.4, 0.5) is 4.39 Å². The van der Waals surface area contributed by atoms with Crippen molar-refractivity contribution in [3.63, 3.8) is 0 Å². The van der Waals surface area contributed by atoms with Gasteiger partial charge in [0.2, 0.25) is 0 Å². The molecule has 40 valence electrons. The van der Waals surface area contributed by atoms with Gasteiger partial charge in [0.15, 0.2) is 0 Å². The summed E-state index contributed by atoms with van der Waals surface area (Å²) in [4.78, 5) is 0. The highest BCUT2D eigenvalue weighted by Crippen LogP contribution is 2.56. The molecule has 0 N–H and O–H groups in total. The third-order valence-electron chi connectivity index (χ3n) is 2.55. The molecule has 0 spiro atoms. The first-order valence-electron chi connectivity index (χ1n) is 3.00. The maximum absolute atomic E-state index is 12.7. The van der Waals surface area contributed by atoms with Gasteiger partial charge in [-0.3, -0.25) is 0 Å². The highest BCUT2D eigenvalue weighted by molar-refractivity contribution is 5.04. The standard InChI is InChI=1S/C6H9F/c7-6-3-1-5(6)2-4-6/h5H,1-4H2. The van der Waals surface area contributed by atoms with E-state index < -0.39 is 5.67 Å². The molecular weight excluding hydrogens is 91.1 g/mol. The summed E-state index contributed by atoms with van der Waals surface area (Å²) < 4.78 is 12.7. The Morgan fingerprint density at radius 3 is 1.71 bits per heavy atom. The van der Waals surface area contributed by atoms with Crippen molar-refractivity contribution in [2.24, 2.45) is 5.92 Å². The minimum Gasteiger partial charge on any atom is -0.244 e. The van der Waals surface area contributed by atoms with Gasteiger partial charge >= 0.3 is 0 Å². The molecule has 0 aromatic rings. The molecule has 0 aromatic heterocycles. The molecule has 2 aliphatic rings. The second kappa shape index (κ2) is 0.862. The average molecular weight is 100 g/mol. The lowest BCUT2D eigenvalue weighted by atomic mass is 9.57. The Morgan fingerprint density at radius 2 is 1.71 bits per heavy atom. The van der Waals surface area contributed by atoms with Crippen LogP contribution in [0.5, 0.6) is 0 Å². The summed E-state index contributed by atoms with van der Waals surface area (Å²) in [6.45, 7) is 0. The summed E-state index contributed by atoms with van der Waals surface area (Å²) in [5.41, 5.74) is -0.639. The van der Waals surface area contributed by atoms with Gasteiger partial charge in [-0.1, -0.05) is 0 Å². The number of alkyl halides is 1. The van der Waals surface area contributed by atoms with Crippen LogP contribution in [-0.4, -0.2) is 5.67 Å². The molecule has 2 fully saturated rings. The lowest BCUT2D eigenvalue weighted by Gasteiger charge is -2.52. The molecule has 2 aliphatic carbocycles.